The Hall–Kier alpha value is -3.71. The number of fused-ring (bicyclic) bond motifs is 1. The van der Waals surface area contributed by atoms with Crippen molar-refractivity contribution in [3.8, 4) is 5.69 Å². The molecule has 34 heavy (non-hydrogen) atoms. The van der Waals surface area contributed by atoms with Crippen molar-refractivity contribution in [2.75, 3.05) is 0 Å². The van der Waals surface area contributed by atoms with Crippen LogP contribution in [-0.4, -0.2) is 15.0 Å². The van der Waals surface area contributed by atoms with E-state index in [-0.39, 0.29) is 23.3 Å². The van der Waals surface area contributed by atoms with Crippen LogP contribution in [0, 0.1) is 12.7 Å². The monoisotopic (exact) mass is 479 g/mol. The topological polar surface area (TPSA) is 73.1 Å². The van der Waals surface area contributed by atoms with Crippen molar-refractivity contribution in [2.45, 2.75) is 32.9 Å². The van der Waals surface area contributed by atoms with E-state index >= 15 is 0 Å². The van der Waals surface area contributed by atoms with E-state index in [1.165, 1.54) is 22.8 Å². The summed E-state index contributed by atoms with van der Waals surface area (Å²) in [7, 11) is 0. The quantitative estimate of drug-likeness (QED) is 0.442. The highest BCUT2D eigenvalue weighted by Crippen LogP contribution is 2.21. The minimum Gasteiger partial charge on any atom is -0.350 e. The van der Waals surface area contributed by atoms with Crippen LogP contribution in [0.15, 0.2) is 76.3 Å². The fraction of sp³-hybridized carbons (Fsp3) is 0.192. The van der Waals surface area contributed by atoms with Gasteiger partial charge in [0.2, 0.25) is 5.91 Å². The third-order valence-corrected chi connectivity index (χ3v) is 5.93. The summed E-state index contributed by atoms with van der Waals surface area (Å²) in [6, 6.07) is 16.6. The number of hydrogen-bond donors (Lipinski definition) is 1. The maximum absolute atomic E-state index is 13.7. The van der Waals surface area contributed by atoms with E-state index in [1.807, 2.05) is 13.0 Å². The zero-order valence-corrected chi connectivity index (χ0v) is 19.5. The third-order valence-electron chi connectivity index (χ3n) is 5.69. The summed E-state index contributed by atoms with van der Waals surface area (Å²) >= 11 is 6.20. The maximum Gasteiger partial charge on any atom is 0.336 e. The van der Waals surface area contributed by atoms with Gasteiger partial charge in [-0.3, -0.25) is 14.2 Å². The summed E-state index contributed by atoms with van der Waals surface area (Å²) < 4.78 is 15.6. The molecule has 0 saturated carbocycles. The summed E-state index contributed by atoms with van der Waals surface area (Å²) in [5, 5.41) is 3.43. The Labute approximate surface area is 200 Å². The van der Waals surface area contributed by atoms with Crippen LogP contribution in [0.4, 0.5) is 4.39 Å². The highest BCUT2D eigenvalue weighted by Gasteiger charge is 2.25. The minimum atomic E-state index is -0.898. The molecule has 1 aromatic heterocycles. The van der Waals surface area contributed by atoms with Crippen LogP contribution in [0.25, 0.3) is 16.6 Å². The van der Waals surface area contributed by atoms with E-state index in [1.54, 1.807) is 49.4 Å². The van der Waals surface area contributed by atoms with Gasteiger partial charge >= 0.3 is 5.69 Å². The number of amides is 1. The van der Waals surface area contributed by atoms with Gasteiger partial charge in [0.1, 0.15) is 11.9 Å². The molecule has 0 radical (unpaired) electrons. The Kier molecular flexibility index (Phi) is 6.65. The fourth-order valence-corrected chi connectivity index (χ4v) is 4.16. The standard InChI is InChI=1S/C26H23ClFN3O3/c1-3-22(24(32)29-15-17-7-10-19(28)11-8-17)31-23-14-18(27)9-12-21(23)25(33)30(26(31)34)20-6-4-5-16(2)13-20/h4-14,22H,3,15H2,1-2H3,(H,29,32)/t22-/m1/s1. The van der Waals surface area contributed by atoms with Crippen molar-refractivity contribution >= 4 is 28.4 Å². The molecular weight excluding hydrogens is 457 g/mol. The third kappa shape index (κ3) is 4.52. The lowest BCUT2D eigenvalue weighted by Crippen LogP contribution is -2.44. The molecule has 0 aliphatic carbocycles. The van der Waals surface area contributed by atoms with Gasteiger partial charge < -0.3 is 5.32 Å². The summed E-state index contributed by atoms with van der Waals surface area (Å²) in [6.45, 7) is 3.82. The molecule has 3 aromatic carbocycles. The number of carbonyl (C=O) groups is 1. The number of rotatable bonds is 6. The number of aryl methyl sites for hydroxylation is 1. The lowest BCUT2D eigenvalue weighted by molar-refractivity contribution is -0.124. The number of hydrogen-bond acceptors (Lipinski definition) is 3. The number of nitrogens with one attached hydrogen (secondary N) is 1. The molecule has 8 heteroatoms. The number of halogens is 2. The Balaban J connectivity index is 1.86. The first kappa shape index (κ1) is 23.4. The van der Waals surface area contributed by atoms with Crippen LogP contribution in [0.1, 0.15) is 30.5 Å². The van der Waals surface area contributed by atoms with Crippen LogP contribution in [-0.2, 0) is 11.3 Å². The Morgan fingerprint density at radius 2 is 1.79 bits per heavy atom. The van der Waals surface area contributed by atoms with Gasteiger partial charge in [0.15, 0.2) is 0 Å². The number of aromatic nitrogens is 2. The second kappa shape index (κ2) is 9.65. The lowest BCUT2D eigenvalue weighted by atomic mass is 10.1. The largest absolute Gasteiger partial charge is 0.350 e. The number of nitrogens with zero attached hydrogens (tertiary/aromatic N) is 2. The minimum absolute atomic E-state index is 0.167. The average molecular weight is 480 g/mol. The Bertz CT molecular complexity index is 1490. The van der Waals surface area contributed by atoms with E-state index < -0.39 is 23.2 Å². The Morgan fingerprint density at radius 1 is 1.06 bits per heavy atom. The molecule has 0 unspecified atom stereocenters. The molecule has 6 nitrogen and oxygen atoms in total. The van der Waals surface area contributed by atoms with E-state index in [0.717, 1.165) is 15.7 Å². The van der Waals surface area contributed by atoms with Crippen LogP contribution in [0.3, 0.4) is 0 Å². The van der Waals surface area contributed by atoms with Crippen molar-refractivity contribution in [3.05, 3.63) is 110 Å². The molecule has 4 rings (SSSR count). The second-order valence-electron chi connectivity index (χ2n) is 8.06. The molecule has 0 aliphatic rings. The summed E-state index contributed by atoms with van der Waals surface area (Å²) in [6.07, 6.45) is 0.294. The van der Waals surface area contributed by atoms with E-state index in [2.05, 4.69) is 5.32 Å². The highest BCUT2D eigenvalue weighted by atomic mass is 35.5. The van der Waals surface area contributed by atoms with E-state index in [4.69, 9.17) is 11.6 Å². The van der Waals surface area contributed by atoms with Crippen LogP contribution in [0.5, 0.6) is 0 Å². The molecule has 0 fully saturated rings. The van der Waals surface area contributed by atoms with Crippen LogP contribution >= 0.6 is 11.6 Å². The Morgan fingerprint density at radius 3 is 2.47 bits per heavy atom. The first-order valence-corrected chi connectivity index (χ1v) is 11.2. The van der Waals surface area contributed by atoms with Gasteiger partial charge in [0, 0.05) is 11.6 Å². The molecule has 1 atom stereocenters. The summed E-state index contributed by atoms with van der Waals surface area (Å²) in [5.41, 5.74) is 1.19. The van der Waals surface area contributed by atoms with Gasteiger partial charge in [0.05, 0.1) is 16.6 Å². The molecule has 0 saturated heterocycles. The molecular formula is C26H23ClFN3O3. The smallest absolute Gasteiger partial charge is 0.336 e. The molecule has 1 heterocycles. The zero-order valence-electron chi connectivity index (χ0n) is 18.7. The van der Waals surface area contributed by atoms with Gasteiger partial charge in [-0.25, -0.2) is 13.8 Å². The van der Waals surface area contributed by atoms with Crippen molar-refractivity contribution in [1.82, 2.24) is 14.5 Å². The highest BCUT2D eigenvalue weighted by molar-refractivity contribution is 6.31. The van der Waals surface area contributed by atoms with Crippen molar-refractivity contribution in [1.29, 1.82) is 0 Å². The molecule has 174 valence electrons. The van der Waals surface area contributed by atoms with Gasteiger partial charge in [-0.1, -0.05) is 42.8 Å². The fourth-order valence-electron chi connectivity index (χ4n) is 3.99. The summed E-state index contributed by atoms with van der Waals surface area (Å²) in [4.78, 5) is 40.2. The van der Waals surface area contributed by atoms with E-state index in [0.29, 0.717) is 17.1 Å². The molecule has 4 aromatic rings. The second-order valence-corrected chi connectivity index (χ2v) is 8.50. The summed E-state index contributed by atoms with van der Waals surface area (Å²) in [5.74, 6) is -0.764. The van der Waals surface area contributed by atoms with Gasteiger partial charge in [0.25, 0.3) is 5.56 Å². The van der Waals surface area contributed by atoms with Gasteiger partial charge in [-0.15, -0.1) is 0 Å². The first-order chi connectivity index (χ1) is 16.3. The van der Waals surface area contributed by atoms with Crippen LogP contribution < -0.4 is 16.6 Å². The lowest BCUT2D eigenvalue weighted by Gasteiger charge is -2.22. The zero-order chi connectivity index (χ0) is 24.4. The van der Waals surface area contributed by atoms with E-state index in [9.17, 15) is 18.8 Å². The van der Waals surface area contributed by atoms with Crippen LogP contribution in [0.2, 0.25) is 5.02 Å². The predicted molar refractivity (Wildman–Crippen MR) is 131 cm³/mol. The molecule has 0 aliphatic heterocycles. The number of benzene rings is 3. The molecule has 1 N–H and O–H groups in total. The average Bonchev–Trinajstić information content (AvgIpc) is 2.81. The van der Waals surface area contributed by atoms with Crippen molar-refractivity contribution in [3.63, 3.8) is 0 Å². The normalized spacial score (nSPS) is 12.0. The SMILES string of the molecule is CC[C@H](C(=O)NCc1ccc(F)cc1)n1c(=O)n(-c2cccc(C)c2)c(=O)c2ccc(Cl)cc21. The maximum atomic E-state index is 13.7. The van der Waals surface area contributed by atoms with Crippen molar-refractivity contribution in [2.24, 2.45) is 0 Å². The molecule has 0 bridgehead atoms. The number of carbonyl (C=O) groups excluding carboxylic acids is 1. The van der Waals surface area contributed by atoms with Gasteiger partial charge in [-0.2, -0.15) is 0 Å². The van der Waals surface area contributed by atoms with Gasteiger partial charge in [-0.05, 0) is 66.9 Å². The predicted octanol–water partition coefficient (Wildman–Crippen LogP) is 4.52. The molecule has 1 amide bonds. The molecule has 0 spiro atoms. The van der Waals surface area contributed by atoms with Crippen molar-refractivity contribution < 1.29 is 9.18 Å². The first-order valence-electron chi connectivity index (χ1n) is 10.9.